The third kappa shape index (κ3) is 3.67. The second-order valence-electron chi connectivity index (χ2n) is 2.97. The largest absolute Gasteiger partial charge is 0.492 e. The summed E-state index contributed by atoms with van der Waals surface area (Å²) in [4.78, 5) is 17.9. The minimum atomic E-state index is -0.349. The van der Waals surface area contributed by atoms with E-state index in [-0.39, 0.29) is 23.4 Å². The van der Waals surface area contributed by atoms with E-state index in [4.69, 9.17) is 16.6 Å². The van der Waals surface area contributed by atoms with Gasteiger partial charge in [0.2, 0.25) is 17.7 Å². The highest BCUT2D eigenvalue weighted by atomic mass is 16.3. The number of amides is 1. The molecule has 0 saturated carbocycles. The fraction of sp³-hybridized carbons (Fsp3) is 0.375. The lowest BCUT2D eigenvalue weighted by molar-refractivity contribution is -0.118. The molecule has 0 atom stereocenters. The topological polar surface area (TPSA) is 127 Å². The number of nitrogens with two attached hydrogens (primary N) is 2. The van der Waals surface area contributed by atoms with E-state index in [0.29, 0.717) is 19.4 Å². The van der Waals surface area contributed by atoms with Crippen LogP contribution < -0.4 is 16.8 Å². The van der Waals surface area contributed by atoms with Gasteiger partial charge >= 0.3 is 0 Å². The molecule has 0 aliphatic carbocycles. The van der Waals surface area contributed by atoms with Crippen LogP contribution in [0, 0.1) is 0 Å². The van der Waals surface area contributed by atoms with Gasteiger partial charge in [-0.15, -0.1) is 0 Å². The van der Waals surface area contributed by atoms with Gasteiger partial charge in [-0.3, -0.25) is 4.79 Å². The number of nitrogens with one attached hydrogen (secondary N) is 1. The van der Waals surface area contributed by atoms with Gasteiger partial charge in [-0.05, 0) is 6.42 Å². The second-order valence-corrected chi connectivity index (χ2v) is 2.97. The van der Waals surface area contributed by atoms with Crippen molar-refractivity contribution in [3.05, 3.63) is 6.20 Å². The van der Waals surface area contributed by atoms with E-state index in [1.165, 1.54) is 6.20 Å². The maximum absolute atomic E-state index is 10.4. The number of carbonyl (C=O) groups excluding carboxylic acids is 1. The van der Waals surface area contributed by atoms with Crippen molar-refractivity contribution in [3.8, 4) is 5.88 Å². The molecule has 7 nitrogen and oxygen atoms in total. The molecule has 0 aliphatic rings. The lowest BCUT2D eigenvalue weighted by atomic mass is 10.3. The van der Waals surface area contributed by atoms with Crippen LogP contribution in [0.25, 0.3) is 0 Å². The SMILES string of the molecule is NC(=O)CCCNc1ncc(N)c(O)n1. The minimum absolute atomic E-state index is 0.123. The lowest BCUT2D eigenvalue weighted by Crippen LogP contribution is -2.13. The number of hydrogen-bond donors (Lipinski definition) is 4. The van der Waals surface area contributed by atoms with Crippen LogP contribution in [0.1, 0.15) is 12.8 Å². The molecule has 0 aliphatic heterocycles. The zero-order valence-electron chi connectivity index (χ0n) is 8.10. The molecule has 0 unspecified atom stereocenters. The minimum Gasteiger partial charge on any atom is -0.492 e. The molecule has 0 bridgehead atoms. The summed E-state index contributed by atoms with van der Waals surface area (Å²) in [6.07, 6.45) is 2.19. The van der Waals surface area contributed by atoms with Crippen LogP contribution in [0.4, 0.5) is 11.6 Å². The Labute approximate surface area is 86.5 Å². The molecular formula is C8H13N5O2. The van der Waals surface area contributed by atoms with E-state index >= 15 is 0 Å². The third-order valence-electron chi connectivity index (χ3n) is 1.68. The number of nitrogens with zero attached hydrogens (tertiary/aromatic N) is 2. The number of rotatable bonds is 5. The molecule has 0 fully saturated rings. The average molecular weight is 211 g/mol. The first-order chi connectivity index (χ1) is 7.09. The lowest BCUT2D eigenvalue weighted by Gasteiger charge is -2.04. The highest BCUT2D eigenvalue weighted by Crippen LogP contribution is 2.15. The summed E-state index contributed by atoms with van der Waals surface area (Å²) in [6.45, 7) is 0.506. The molecule has 0 radical (unpaired) electrons. The average Bonchev–Trinajstić information content (AvgIpc) is 2.18. The number of hydrogen-bond acceptors (Lipinski definition) is 6. The van der Waals surface area contributed by atoms with Gasteiger partial charge in [-0.1, -0.05) is 0 Å². The summed E-state index contributed by atoms with van der Waals surface area (Å²) in [5.41, 5.74) is 10.4. The number of carbonyl (C=O) groups is 1. The molecule has 1 aromatic rings. The van der Waals surface area contributed by atoms with Crippen LogP contribution in [-0.2, 0) is 4.79 Å². The van der Waals surface area contributed by atoms with E-state index in [0.717, 1.165) is 0 Å². The first-order valence-corrected chi connectivity index (χ1v) is 4.43. The Morgan fingerprint density at radius 3 is 2.93 bits per heavy atom. The molecule has 7 heteroatoms. The van der Waals surface area contributed by atoms with Crippen molar-refractivity contribution in [1.29, 1.82) is 0 Å². The van der Waals surface area contributed by atoms with Gasteiger partial charge in [-0.2, -0.15) is 4.98 Å². The molecule has 15 heavy (non-hydrogen) atoms. The van der Waals surface area contributed by atoms with Gasteiger partial charge in [0, 0.05) is 13.0 Å². The molecule has 1 rings (SSSR count). The molecular weight excluding hydrogens is 198 g/mol. The maximum atomic E-state index is 10.4. The van der Waals surface area contributed by atoms with Crippen LogP contribution in [0.2, 0.25) is 0 Å². The Bertz CT molecular complexity index is 355. The smallest absolute Gasteiger partial charge is 0.239 e. The van der Waals surface area contributed by atoms with Crippen LogP contribution in [0.15, 0.2) is 6.20 Å². The van der Waals surface area contributed by atoms with Crippen molar-refractivity contribution < 1.29 is 9.90 Å². The quantitative estimate of drug-likeness (QED) is 0.483. The molecule has 1 amide bonds. The number of nitrogen functional groups attached to an aromatic ring is 1. The maximum Gasteiger partial charge on any atom is 0.239 e. The Morgan fingerprint density at radius 1 is 1.60 bits per heavy atom. The second kappa shape index (κ2) is 4.99. The van der Waals surface area contributed by atoms with Crippen molar-refractivity contribution in [2.24, 2.45) is 5.73 Å². The van der Waals surface area contributed by atoms with Crippen LogP contribution in [0.3, 0.4) is 0 Å². The van der Waals surface area contributed by atoms with E-state index in [2.05, 4.69) is 15.3 Å². The van der Waals surface area contributed by atoms with Crippen molar-refractivity contribution in [3.63, 3.8) is 0 Å². The van der Waals surface area contributed by atoms with E-state index in [1.807, 2.05) is 0 Å². The Hall–Kier alpha value is -2.05. The summed E-state index contributed by atoms with van der Waals surface area (Å²) in [5, 5.41) is 12.0. The van der Waals surface area contributed by atoms with Crippen molar-refractivity contribution in [2.45, 2.75) is 12.8 Å². The molecule has 0 spiro atoms. The fourth-order valence-corrected chi connectivity index (χ4v) is 0.930. The highest BCUT2D eigenvalue weighted by Gasteiger charge is 2.01. The summed E-state index contributed by atoms with van der Waals surface area (Å²) >= 11 is 0. The van der Waals surface area contributed by atoms with Gasteiger partial charge in [0.15, 0.2) is 0 Å². The van der Waals surface area contributed by atoms with Crippen LogP contribution in [0.5, 0.6) is 5.88 Å². The normalized spacial score (nSPS) is 9.87. The number of aromatic nitrogens is 2. The van der Waals surface area contributed by atoms with Crippen LogP contribution >= 0.6 is 0 Å². The van der Waals surface area contributed by atoms with Gasteiger partial charge in [-0.25, -0.2) is 4.98 Å². The molecule has 1 aromatic heterocycles. The predicted octanol–water partition coefficient (Wildman–Crippen LogP) is -0.558. The number of primary amides is 1. The highest BCUT2D eigenvalue weighted by molar-refractivity contribution is 5.73. The molecule has 1 heterocycles. The van der Waals surface area contributed by atoms with Crippen LogP contribution in [-0.4, -0.2) is 27.5 Å². The summed E-state index contributed by atoms with van der Waals surface area (Å²) < 4.78 is 0. The first kappa shape index (κ1) is 11.0. The fourth-order valence-electron chi connectivity index (χ4n) is 0.930. The summed E-state index contributed by atoms with van der Waals surface area (Å²) in [6, 6.07) is 0. The van der Waals surface area contributed by atoms with Gasteiger partial charge in [0.25, 0.3) is 0 Å². The Kier molecular flexibility index (Phi) is 3.67. The standard InChI is InChI=1S/C8H13N5O2/c9-5-4-12-8(13-7(5)15)11-3-1-2-6(10)14/h4H,1-3,9H2,(H2,10,14)(H2,11,12,13,15). The Morgan fingerprint density at radius 2 is 2.33 bits per heavy atom. The van der Waals surface area contributed by atoms with Crippen molar-refractivity contribution in [2.75, 3.05) is 17.6 Å². The van der Waals surface area contributed by atoms with Gasteiger partial charge < -0.3 is 21.9 Å². The number of anilines is 2. The van der Waals surface area contributed by atoms with E-state index in [9.17, 15) is 4.79 Å². The predicted molar refractivity (Wildman–Crippen MR) is 55.0 cm³/mol. The summed E-state index contributed by atoms with van der Waals surface area (Å²) in [7, 11) is 0. The Balaban J connectivity index is 2.38. The zero-order valence-corrected chi connectivity index (χ0v) is 8.10. The molecule has 0 aromatic carbocycles. The zero-order chi connectivity index (χ0) is 11.3. The molecule has 82 valence electrons. The molecule has 6 N–H and O–H groups in total. The van der Waals surface area contributed by atoms with E-state index < -0.39 is 0 Å². The van der Waals surface area contributed by atoms with E-state index in [1.54, 1.807) is 0 Å². The summed E-state index contributed by atoms with van der Waals surface area (Å²) in [5.74, 6) is -0.341. The van der Waals surface area contributed by atoms with Gasteiger partial charge in [0.05, 0.1) is 6.20 Å². The van der Waals surface area contributed by atoms with Gasteiger partial charge in [0.1, 0.15) is 5.69 Å². The molecule has 0 saturated heterocycles. The van der Waals surface area contributed by atoms with Crippen molar-refractivity contribution >= 4 is 17.5 Å². The monoisotopic (exact) mass is 211 g/mol. The third-order valence-corrected chi connectivity index (χ3v) is 1.68. The first-order valence-electron chi connectivity index (χ1n) is 4.43. The number of aromatic hydroxyl groups is 1. The van der Waals surface area contributed by atoms with Crippen molar-refractivity contribution in [1.82, 2.24) is 9.97 Å².